The predicted molar refractivity (Wildman–Crippen MR) is 129 cm³/mol. The average molecular weight is 436 g/mol. The molecular formula is C26H33N3O3. The summed E-state index contributed by atoms with van der Waals surface area (Å²) < 4.78 is 5.33. The van der Waals surface area contributed by atoms with Gasteiger partial charge in [-0.3, -0.25) is 0 Å². The zero-order chi connectivity index (χ0) is 22.5. The Morgan fingerprint density at radius 2 is 1.97 bits per heavy atom. The van der Waals surface area contributed by atoms with Crippen LogP contribution in [-0.2, 0) is 6.42 Å². The van der Waals surface area contributed by atoms with Crippen LogP contribution in [0.4, 0.5) is 5.69 Å². The molecule has 3 aromatic rings. The summed E-state index contributed by atoms with van der Waals surface area (Å²) in [6, 6.07) is 14.5. The molecular weight excluding hydrogens is 402 g/mol. The average Bonchev–Trinajstić information content (AvgIpc) is 3.18. The maximum absolute atomic E-state index is 11.8. The third-order valence-corrected chi connectivity index (χ3v) is 6.64. The van der Waals surface area contributed by atoms with E-state index in [9.17, 15) is 9.90 Å². The fourth-order valence-corrected chi connectivity index (χ4v) is 4.79. The lowest BCUT2D eigenvalue weighted by atomic mass is 9.93. The molecule has 0 aliphatic carbocycles. The number of piperidine rings is 1. The zero-order valence-corrected chi connectivity index (χ0v) is 19.0. The number of hydrogen-bond acceptors (Lipinski definition) is 4. The second-order valence-corrected chi connectivity index (χ2v) is 8.78. The number of fused-ring (bicyclic) bond motifs is 1. The Labute approximate surface area is 189 Å². The van der Waals surface area contributed by atoms with Crippen molar-refractivity contribution in [2.75, 3.05) is 38.6 Å². The molecule has 6 heteroatoms. The van der Waals surface area contributed by atoms with Crippen molar-refractivity contribution in [2.45, 2.75) is 32.6 Å². The smallest absolute Gasteiger partial charge is 0.354 e. The Bertz CT molecular complexity index is 1050. The molecule has 1 aromatic heterocycles. The predicted octanol–water partition coefficient (Wildman–Crippen LogP) is 4.94. The first-order valence-corrected chi connectivity index (χ1v) is 11.5. The minimum Gasteiger partial charge on any atom is -0.497 e. The monoisotopic (exact) mass is 435 g/mol. The van der Waals surface area contributed by atoms with Gasteiger partial charge in [0.1, 0.15) is 11.4 Å². The van der Waals surface area contributed by atoms with Crippen LogP contribution in [0.3, 0.4) is 0 Å². The Hall–Kier alpha value is -2.99. The topological polar surface area (TPSA) is 77.6 Å². The molecule has 0 spiro atoms. The number of H-pyrrole nitrogens is 1. The van der Waals surface area contributed by atoms with E-state index in [2.05, 4.69) is 45.5 Å². The van der Waals surface area contributed by atoms with E-state index >= 15 is 0 Å². The molecule has 0 radical (unpaired) electrons. The van der Waals surface area contributed by atoms with Crippen molar-refractivity contribution in [1.82, 2.24) is 9.88 Å². The van der Waals surface area contributed by atoms with Gasteiger partial charge in [0.2, 0.25) is 0 Å². The molecule has 3 N–H and O–H groups in total. The van der Waals surface area contributed by atoms with E-state index in [1.54, 1.807) is 7.11 Å². The number of hydrogen-bond donors (Lipinski definition) is 3. The lowest BCUT2D eigenvalue weighted by Crippen LogP contribution is -2.35. The van der Waals surface area contributed by atoms with Gasteiger partial charge in [-0.25, -0.2) is 4.79 Å². The van der Waals surface area contributed by atoms with E-state index in [0.717, 1.165) is 61.2 Å². The fraction of sp³-hybridized carbons (Fsp3) is 0.423. The second-order valence-electron chi connectivity index (χ2n) is 8.78. The van der Waals surface area contributed by atoms with Gasteiger partial charge < -0.3 is 25.0 Å². The van der Waals surface area contributed by atoms with E-state index < -0.39 is 5.97 Å². The van der Waals surface area contributed by atoms with Gasteiger partial charge in [0.05, 0.1) is 18.3 Å². The summed E-state index contributed by atoms with van der Waals surface area (Å²) in [4.78, 5) is 17.4. The summed E-state index contributed by atoms with van der Waals surface area (Å²) in [5.74, 6) is 0.447. The highest BCUT2D eigenvalue weighted by molar-refractivity contribution is 6.07. The minimum absolute atomic E-state index is 0.215. The largest absolute Gasteiger partial charge is 0.497 e. The van der Waals surface area contributed by atoms with Gasteiger partial charge in [0.25, 0.3) is 0 Å². The van der Waals surface area contributed by atoms with Crippen molar-refractivity contribution in [1.29, 1.82) is 0 Å². The van der Waals surface area contributed by atoms with Crippen LogP contribution >= 0.6 is 0 Å². The van der Waals surface area contributed by atoms with Crippen molar-refractivity contribution < 1.29 is 14.6 Å². The molecule has 1 aliphatic heterocycles. The molecule has 1 saturated heterocycles. The molecule has 2 heterocycles. The lowest BCUT2D eigenvalue weighted by molar-refractivity contribution is 0.0692. The van der Waals surface area contributed by atoms with E-state index in [-0.39, 0.29) is 5.69 Å². The molecule has 1 aliphatic rings. The number of benzene rings is 2. The SMILES string of the molecule is COc1cc(C)c2c(NCCC3CCN(CCc4ccccc4)CC3)c(C(=O)O)[nH]c2c1. The van der Waals surface area contributed by atoms with E-state index in [0.29, 0.717) is 11.6 Å². The first kappa shape index (κ1) is 22.2. The molecule has 0 atom stereocenters. The number of aromatic amines is 1. The summed E-state index contributed by atoms with van der Waals surface area (Å²) >= 11 is 0. The van der Waals surface area contributed by atoms with Crippen molar-refractivity contribution in [2.24, 2.45) is 5.92 Å². The number of ether oxygens (including phenoxy) is 1. The van der Waals surface area contributed by atoms with Gasteiger partial charge in [-0.15, -0.1) is 0 Å². The van der Waals surface area contributed by atoms with Crippen LogP contribution in [0.1, 0.15) is 40.9 Å². The molecule has 2 aromatic carbocycles. The number of aryl methyl sites for hydroxylation is 1. The van der Waals surface area contributed by atoms with Crippen LogP contribution < -0.4 is 10.1 Å². The third kappa shape index (κ3) is 5.07. The first-order valence-electron chi connectivity index (χ1n) is 11.5. The molecule has 4 rings (SSSR count). The summed E-state index contributed by atoms with van der Waals surface area (Å²) in [7, 11) is 1.62. The van der Waals surface area contributed by atoms with Crippen LogP contribution in [-0.4, -0.2) is 54.2 Å². The van der Waals surface area contributed by atoms with Crippen LogP contribution in [0.15, 0.2) is 42.5 Å². The summed E-state index contributed by atoms with van der Waals surface area (Å²) in [6.07, 6.45) is 4.56. The van der Waals surface area contributed by atoms with E-state index in [1.165, 1.54) is 18.4 Å². The maximum atomic E-state index is 11.8. The number of nitrogens with zero attached hydrogens (tertiary/aromatic N) is 1. The highest BCUT2D eigenvalue weighted by atomic mass is 16.5. The van der Waals surface area contributed by atoms with Crippen LogP contribution in [0.5, 0.6) is 5.75 Å². The Morgan fingerprint density at radius 3 is 2.66 bits per heavy atom. The molecule has 0 bridgehead atoms. The number of aromatic nitrogens is 1. The number of carboxylic acid groups (broad SMARTS) is 1. The van der Waals surface area contributed by atoms with Crippen LogP contribution in [0.2, 0.25) is 0 Å². The number of rotatable bonds is 9. The standard InChI is InChI=1S/C26H33N3O3/c1-18-16-21(32-2)17-22-23(18)24(25(28-22)26(30)31)27-12-8-20-10-14-29(15-11-20)13-9-19-6-4-3-5-7-19/h3-7,16-17,20,27-28H,8-15H2,1-2H3,(H,30,31). The quantitative estimate of drug-likeness (QED) is 0.444. The summed E-state index contributed by atoms with van der Waals surface area (Å²) in [5.41, 5.74) is 4.09. The normalized spacial score (nSPS) is 15.2. The highest BCUT2D eigenvalue weighted by Gasteiger charge is 2.21. The molecule has 32 heavy (non-hydrogen) atoms. The minimum atomic E-state index is -0.950. The van der Waals surface area contributed by atoms with Crippen molar-refractivity contribution in [3.63, 3.8) is 0 Å². The summed E-state index contributed by atoms with van der Waals surface area (Å²) in [6.45, 7) is 6.16. The molecule has 170 valence electrons. The molecule has 6 nitrogen and oxygen atoms in total. The third-order valence-electron chi connectivity index (χ3n) is 6.64. The van der Waals surface area contributed by atoms with Gasteiger partial charge in [0, 0.05) is 24.5 Å². The fourth-order valence-electron chi connectivity index (χ4n) is 4.79. The Kier molecular flexibility index (Phi) is 7.00. The number of methoxy groups -OCH3 is 1. The Balaban J connectivity index is 1.31. The van der Waals surface area contributed by atoms with Crippen molar-refractivity contribution in [3.8, 4) is 5.75 Å². The van der Waals surface area contributed by atoms with Crippen molar-refractivity contribution >= 4 is 22.6 Å². The van der Waals surface area contributed by atoms with Crippen LogP contribution in [0.25, 0.3) is 10.9 Å². The lowest BCUT2D eigenvalue weighted by Gasteiger charge is -2.32. The van der Waals surface area contributed by atoms with Gasteiger partial charge in [-0.2, -0.15) is 0 Å². The molecule has 0 amide bonds. The Morgan fingerprint density at radius 1 is 1.22 bits per heavy atom. The highest BCUT2D eigenvalue weighted by Crippen LogP contribution is 2.34. The van der Waals surface area contributed by atoms with Crippen molar-refractivity contribution in [3.05, 3.63) is 59.3 Å². The van der Waals surface area contributed by atoms with Gasteiger partial charge in [0.15, 0.2) is 0 Å². The van der Waals surface area contributed by atoms with Gasteiger partial charge >= 0.3 is 5.97 Å². The molecule has 0 unspecified atom stereocenters. The molecule has 1 fully saturated rings. The number of aromatic carboxylic acids is 1. The number of carbonyl (C=O) groups is 1. The summed E-state index contributed by atoms with van der Waals surface area (Å²) in [5, 5.41) is 14.1. The van der Waals surface area contributed by atoms with E-state index in [1.807, 2.05) is 19.1 Å². The second kappa shape index (κ2) is 10.1. The number of anilines is 1. The molecule has 0 saturated carbocycles. The van der Waals surface area contributed by atoms with Gasteiger partial charge in [-0.05, 0) is 68.8 Å². The zero-order valence-electron chi connectivity index (χ0n) is 19.0. The number of carboxylic acids is 1. The van der Waals surface area contributed by atoms with Crippen LogP contribution in [0, 0.1) is 12.8 Å². The maximum Gasteiger partial charge on any atom is 0.354 e. The van der Waals surface area contributed by atoms with Gasteiger partial charge in [-0.1, -0.05) is 30.3 Å². The van der Waals surface area contributed by atoms with E-state index in [4.69, 9.17) is 4.74 Å². The number of nitrogens with one attached hydrogen (secondary N) is 2. The number of likely N-dealkylation sites (tertiary alicyclic amines) is 1. The first-order chi connectivity index (χ1) is 15.5.